The number of aliphatic carboxylic acids is 1. The Morgan fingerprint density at radius 3 is 2.88 bits per heavy atom. The van der Waals surface area contributed by atoms with Crippen LogP contribution < -0.4 is 9.47 Å². The molecule has 0 aliphatic carbocycles. The molecule has 0 bridgehead atoms. The molecule has 0 saturated carbocycles. The quantitative estimate of drug-likeness (QED) is 0.714. The molecule has 26 heavy (non-hydrogen) atoms. The van der Waals surface area contributed by atoms with Crippen molar-refractivity contribution in [2.45, 2.75) is 18.9 Å². The molecule has 0 fully saturated rings. The van der Waals surface area contributed by atoms with Gasteiger partial charge in [0.2, 0.25) is 0 Å². The Kier molecular flexibility index (Phi) is 4.53. The molecule has 1 aliphatic heterocycles. The van der Waals surface area contributed by atoms with E-state index in [-0.39, 0.29) is 12.3 Å². The highest BCUT2D eigenvalue weighted by Crippen LogP contribution is 2.38. The number of hydrogen-bond donors (Lipinski definition) is 1. The van der Waals surface area contributed by atoms with E-state index in [1.807, 2.05) is 42.5 Å². The Labute approximate surface area is 154 Å². The summed E-state index contributed by atoms with van der Waals surface area (Å²) >= 11 is 1.49. The Morgan fingerprint density at radius 1 is 1.23 bits per heavy atom. The van der Waals surface area contributed by atoms with Crippen molar-refractivity contribution in [3.63, 3.8) is 0 Å². The van der Waals surface area contributed by atoms with Gasteiger partial charge in [-0.2, -0.15) is 0 Å². The molecule has 1 atom stereocenters. The number of benzene rings is 2. The standard InChI is InChI=1S/C19H16N2O4S/c22-18(23)8-13-10-25-16-9-14(6-7-15(13)16)24-11-17-20-21-19(26-17)12-4-2-1-3-5-12/h1-7,9,13H,8,10-11H2,(H,22,23). The van der Waals surface area contributed by atoms with Gasteiger partial charge in [0.1, 0.15) is 23.1 Å². The molecule has 4 rings (SSSR count). The molecule has 2 aromatic carbocycles. The van der Waals surface area contributed by atoms with E-state index in [0.717, 1.165) is 21.1 Å². The number of nitrogens with zero attached hydrogens (tertiary/aromatic N) is 2. The van der Waals surface area contributed by atoms with Crippen LogP contribution in [0.25, 0.3) is 10.6 Å². The van der Waals surface area contributed by atoms with Gasteiger partial charge in [-0.05, 0) is 6.07 Å². The highest BCUT2D eigenvalue weighted by Gasteiger charge is 2.26. The van der Waals surface area contributed by atoms with E-state index in [1.54, 1.807) is 6.07 Å². The summed E-state index contributed by atoms with van der Waals surface area (Å²) in [7, 11) is 0. The average Bonchev–Trinajstić information content (AvgIpc) is 3.27. The SMILES string of the molecule is O=C(O)CC1COc2cc(OCc3nnc(-c4ccccc4)s3)ccc21. The van der Waals surface area contributed by atoms with Crippen LogP contribution in [0.15, 0.2) is 48.5 Å². The summed E-state index contributed by atoms with van der Waals surface area (Å²) in [4.78, 5) is 10.9. The predicted octanol–water partition coefficient (Wildman–Crippen LogP) is 3.73. The van der Waals surface area contributed by atoms with Crippen molar-refractivity contribution in [2.75, 3.05) is 6.61 Å². The lowest BCUT2D eigenvalue weighted by molar-refractivity contribution is -0.137. The lowest BCUT2D eigenvalue weighted by Gasteiger charge is -2.07. The Hall–Kier alpha value is -2.93. The van der Waals surface area contributed by atoms with Crippen molar-refractivity contribution in [2.24, 2.45) is 0 Å². The van der Waals surface area contributed by atoms with Crippen molar-refractivity contribution in [1.82, 2.24) is 10.2 Å². The zero-order valence-corrected chi connectivity index (χ0v) is 14.6. The third-order valence-corrected chi connectivity index (χ3v) is 5.08. The van der Waals surface area contributed by atoms with Crippen LogP contribution in [0.4, 0.5) is 0 Å². The highest BCUT2D eigenvalue weighted by atomic mass is 32.1. The van der Waals surface area contributed by atoms with Crippen molar-refractivity contribution in [3.8, 4) is 22.1 Å². The van der Waals surface area contributed by atoms with Crippen molar-refractivity contribution >= 4 is 17.3 Å². The van der Waals surface area contributed by atoms with Crippen LogP contribution in [-0.2, 0) is 11.4 Å². The first-order valence-electron chi connectivity index (χ1n) is 8.18. The second kappa shape index (κ2) is 7.13. The molecular formula is C19H16N2O4S. The molecule has 3 aromatic rings. The van der Waals surface area contributed by atoms with Gasteiger partial charge >= 0.3 is 5.97 Å². The monoisotopic (exact) mass is 368 g/mol. The van der Waals surface area contributed by atoms with Crippen molar-refractivity contribution in [3.05, 3.63) is 59.1 Å². The van der Waals surface area contributed by atoms with Gasteiger partial charge in [-0.3, -0.25) is 4.79 Å². The molecule has 1 aromatic heterocycles. The maximum absolute atomic E-state index is 10.9. The van der Waals surface area contributed by atoms with Gasteiger partial charge in [0, 0.05) is 23.1 Å². The van der Waals surface area contributed by atoms with Crippen LogP contribution in [0.2, 0.25) is 0 Å². The topological polar surface area (TPSA) is 81.5 Å². The zero-order valence-electron chi connectivity index (χ0n) is 13.8. The first kappa shape index (κ1) is 16.5. The highest BCUT2D eigenvalue weighted by molar-refractivity contribution is 7.14. The molecular weight excluding hydrogens is 352 g/mol. The molecule has 1 N–H and O–H groups in total. The number of ether oxygens (including phenoxy) is 2. The van der Waals surface area contributed by atoms with Gasteiger partial charge in [0.25, 0.3) is 0 Å². The van der Waals surface area contributed by atoms with Crippen LogP contribution in [0.5, 0.6) is 11.5 Å². The maximum atomic E-state index is 10.9. The summed E-state index contributed by atoms with van der Waals surface area (Å²) in [5.74, 6) is 0.428. The molecule has 1 unspecified atom stereocenters. The van der Waals surface area contributed by atoms with Crippen LogP contribution in [-0.4, -0.2) is 27.9 Å². The summed E-state index contributed by atoms with van der Waals surface area (Å²) in [6.07, 6.45) is 0.0697. The van der Waals surface area contributed by atoms with Crippen molar-refractivity contribution < 1.29 is 19.4 Å². The van der Waals surface area contributed by atoms with E-state index in [0.29, 0.717) is 24.7 Å². The van der Waals surface area contributed by atoms with Crippen LogP contribution in [0.3, 0.4) is 0 Å². The van der Waals surface area contributed by atoms with E-state index in [4.69, 9.17) is 14.6 Å². The number of carbonyl (C=O) groups is 1. The minimum Gasteiger partial charge on any atom is -0.492 e. The maximum Gasteiger partial charge on any atom is 0.304 e. The fourth-order valence-corrected chi connectivity index (χ4v) is 3.64. The minimum absolute atomic E-state index is 0.0697. The van der Waals surface area contributed by atoms with E-state index in [1.165, 1.54) is 11.3 Å². The van der Waals surface area contributed by atoms with E-state index >= 15 is 0 Å². The fourth-order valence-electron chi connectivity index (χ4n) is 2.88. The lowest BCUT2D eigenvalue weighted by atomic mass is 9.98. The molecule has 6 nitrogen and oxygen atoms in total. The fraction of sp³-hybridized carbons (Fsp3) is 0.211. The number of fused-ring (bicyclic) bond motifs is 1. The molecule has 2 heterocycles. The van der Waals surface area contributed by atoms with Crippen LogP contribution in [0, 0.1) is 0 Å². The van der Waals surface area contributed by atoms with Crippen LogP contribution in [0.1, 0.15) is 22.9 Å². The second-order valence-electron chi connectivity index (χ2n) is 5.96. The molecule has 1 aliphatic rings. The van der Waals surface area contributed by atoms with E-state index in [9.17, 15) is 4.79 Å². The Morgan fingerprint density at radius 2 is 2.08 bits per heavy atom. The third-order valence-electron chi connectivity index (χ3n) is 4.14. The van der Waals surface area contributed by atoms with Crippen LogP contribution >= 0.6 is 11.3 Å². The third kappa shape index (κ3) is 3.52. The largest absolute Gasteiger partial charge is 0.492 e. The van der Waals surface area contributed by atoms with Gasteiger partial charge < -0.3 is 14.6 Å². The van der Waals surface area contributed by atoms with Crippen molar-refractivity contribution in [1.29, 1.82) is 0 Å². The first-order chi connectivity index (χ1) is 12.7. The molecule has 132 valence electrons. The summed E-state index contributed by atoms with van der Waals surface area (Å²) < 4.78 is 11.4. The molecule has 0 amide bonds. The Bertz CT molecular complexity index is 926. The van der Waals surface area contributed by atoms with Gasteiger partial charge in [-0.15, -0.1) is 10.2 Å². The first-order valence-corrected chi connectivity index (χ1v) is 9.00. The second-order valence-corrected chi connectivity index (χ2v) is 7.02. The predicted molar refractivity (Wildman–Crippen MR) is 96.6 cm³/mol. The minimum atomic E-state index is -0.822. The molecule has 0 spiro atoms. The lowest BCUT2D eigenvalue weighted by Crippen LogP contribution is -2.07. The zero-order chi connectivity index (χ0) is 17.9. The number of carboxylic acids is 1. The van der Waals surface area contributed by atoms with E-state index < -0.39 is 5.97 Å². The van der Waals surface area contributed by atoms with Gasteiger partial charge in [-0.25, -0.2) is 0 Å². The smallest absolute Gasteiger partial charge is 0.304 e. The molecule has 7 heteroatoms. The molecule has 0 saturated heterocycles. The normalized spacial score (nSPS) is 15.3. The van der Waals surface area contributed by atoms with Gasteiger partial charge in [-0.1, -0.05) is 47.7 Å². The average molecular weight is 368 g/mol. The summed E-state index contributed by atoms with van der Waals surface area (Å²) in [6.45, 7) is 0.712. The Balaban J connectivity index is 1.42. The summed E-state index contributed by atoms with van der Waals surface area (Å²) in [5.41, 5.74) is 1.95. The molecule has 0 radical (unpaired) electrons. The number of rotatable bonds is 6. The number of aromatic nitrogens is 2. The van der Waals surface area contributed by atoms with Gasteiger partial charge in [0.15, 0.2) is 5.01 Å². The van der Waals surface area contributed by atoms with E-state index in [2.05, 4.69) is 10.2 Å². The summed E-state index contributed by atoms with van der Waals surface area (Å²) in [6, 6.07) is 15.4. The number of hydrogen-bond acceptors (Lipinski definition) is 6. The van der Waals surface area contributed by atoms with Gasteiger partial charge in [0.05, 0.1) is 13.0 Å². The number of carboxylic acid groups (broad SMARTS) is 1. The summed E-state index contributed by atoms with van der Waals surface area (Å²) in [5, 5.41) is 19.0.